The third-order valence-corrected chi connectivity index (χ3v) is 13.1. The van der Waals surface area contributed by atoms with Gasteiger partial charge in [0.1, 0.15) is 17.5 Å². The summed E-state index contributed by atoms with van der Waals surface area (Å²) in [6.45, 7) is 8.38. The third kappa shape index (κ3) is 9.37. The van der Waals surface area contributed by atoms with E-state index in [1.165, 1.54) is 5.56 Å². The molecule has 0 bridgehead atoms. The number of carbonyl (C=O) groups is 2. The van der Waals surface area contributed by atoms with Gasteiger partial charge in [-0.2, -0.15) is 22.0 Å². The molecule has 2 saturated carbocycles. The Labute approximate surface area is 299 Å². The average Bonchev–Trinajstić information content (AvgIpc) is 3.33. The van der Waals surface area contributed by atoms with Crippen molar-refractivity contribution in [3.8, 4) is 5.75 Å². The first kappa shape index (κ1) is 39.7. The van der Waals surface area contributed by atoms with Crippen LogP contribution in [-0.4, -0.2) is 81.0 Å². The van der Waals surface area contributed by atoms with Crippen LogP contribution in [-0.2, 0) is 26.7 Å². The molecule has 7 atom stereocenters. The van der Waals surface area contributed by atoms with E-state index < -0.39 is 59.7 Å². The molecule has 3 aliphatic carbocycles. The number of benzene rings is 1. The second-order valence-corrected chi connectivity index (χ2v) is 17.9. The number of alkyl halides is 5. The van der Waals surface area contributed by atoms with E-state index in [-0.39, 0.29) is 40.8 Å². The Kier molecular flexibility index (Phi) is 12.1. The summed E-state index contributed by atoms with van der Waals surface area (Å²) in [4.78, 5) is 26.8. The number of aliphatic hydroxyl groups excluding tert-OH is 1. The molecule has 1 aliphatic heterocycles. The van der Waals surface area contributed by atoms with E-state index in [0.717, 1.165) is 31.2 Å². The maximum absolute atomic E-state index is 13.3. The molecule has 5 rings (SSSR count). The van der Waals surface area contributed by atoms with Gasteiger partial charge >= 0.3 is 24.3 Å². The summed E-state index contributed by atoms with van der Waals surface area (Å²) < 4.78 is 93.5. The quantitative estimate of drug-likeness (QED) is 0.145. The zero-order valence-electron chi connectivity index (χ0n) is 29.9. The normalized spacial score (nSPS) is 29.1. The minimum Gasteiger partial charge on any atom is -0.444 e. The molecule has 1 aromatic carbocycles. The lowest BCUT2D eigenvalue weighted by Crippen LogP contribution is -2.47. The van der Waals surface area contributed by atoms with E-state index in [4.69, 9.17) is 14.2 Å². The molecule has 1 unspecified atom stereocenters. The van der Waals surface area contributed by atoms with Gasteiger partial charge in [-0.05, 0) is 124 Å². The highest BCUT2D eigenvalue weighted by Crippen LogP contribution is 2.62. The smallest absolute Gasteiger partial charge is 0.444 e. The number of carbonyl (C=O) groups excluding carboxylic acids is 2. The van der Waals surface area contributed by atoms with Crippen molar-refractivity contribution in [3.63, 3.8) is 0 Å². The van der Waals surface area contributed by atoms with E-state index in [1.807, 2.05) is 12.1 Å². The van der Waals surface area contributed by atoms with Crippen LogP contribution in [0.2, 0.25) is 0 Å². The van der Waals surface area contributed by atoms with Gasteiger partial charge < -0.3 is 24.2 Å². The number of aliphatic hydroxyl groups is 1. The van der Waals surface area contributed by atoms with Crippen molar-refractivity contribution in [2.75, 3.05) is 24.6 Å². The maximum atomic E-state index is 13.3. The number of amides is 1. The molecule has 1 heterocycles. The van der Waals surface area contributed by atoms with E-state index >= 15 is 0 Å². The highest BCUT2D eigenvalue weighted by Gasteiger charge is 2.57. The molecule has 0 spiro atoms. The fourth-order valence-corrected chi connectivity index (χ4v) is 10.2. The molecule has 1 aromatic rings. The van der Waals surface area contributed by atoms with Gasteiger partial charge in [-0.3, -0.25) is 4.21 Å². The summed E-state index contributed by atoms with van der Waals surface area (Å²) in [6.07, 6.45) is -3.20. The Morgan fingerprint density at radius 1 is 1.00 bits per heavy atom. The molecule has 1 amide bonds. The van der Waals surface area contributed by atoms with Crippen molar-refractivity contribution in [2.24, 2.45) is 23.2 Å². The molecular formula is C37H52F5NO7S. The Hall–Kier alpha value is -2.48. The molecule has 14 heteroatoms. The predicted molar refractivity (Wildman–Crippen MR) is 181 cm³/mol. The van der Waals surface area contributed by atoms with E-state index in [9.17, 15) is 40.9 Å². The van der Waals surface area contributed by atoms with E-state index in [1.54, 1.807) is 31.7 Å². The molecule has 4 aliphatic rings. The largest absolute Gasteiger partial charge is 0.514 e. The number of hydrogen-bond acceptors (Lipinski definition) is 7. The second kappa shape index (κ2) is 15.5. The number of likely N-dealkylation sites (tertiary alicyclic amines) is 1. The molecule has 288 valence electrons. The van der Waals surface area contributed by atoms with Crippen LogP contribution in [0.4, 0.5) is 31.5 Å². The minimum atomic E-state index is -5.61. The Morgan fingerprint density at radius 3 is 2.35 bits per heavy atom. The predicted octanol–water partition coefficient (Wildman–Crippen LogP) is 8.55. The van der Waals surface area contributed by atoms with Crippen molar-refractivity contribution in [2.45, 2.75) is 134 Å². The molecule has 0 aromatic heterocycles. The van der Waals surface area contributed by atoms with Crippen LogP contribution in [0.1, 0.15) is 109 Å². The molecule has 3 fully saturated rings. The van der Waals surface area contributed by atoms with Gasteiger partial charge in [-0.25, -0.2) is 9.59 Å². The van der Waals surface area contributed by atoms with Crippen LogP contribution < -0.4 is 4.74 Å². The Bertz CT molecular complexity index is 1430. The minimum absolute atomic E-state index is 0.168. The number of halogens is 5. The van der Waals surface area contributed by atoms with Crippen LogP contribution in [0.3, 0.4) is 0 Å². The number of nitrogens with zero attached hydrogens (tertiary/aromatic N) is 1. The van der Waals surface area contributed by atoms with Crippen molar-refractivity contribution in [3.05, 3.63) is 29.3 Å². The Balaban J connectivity index is 1.20. The summed E-state index contributed by atoms with van der Waals surface area (Å²) in [5.74, 6) is -3.46. The topological polar surface area (TPSA) is 102 Å². The summed E-state index contributed by atoms with van der Waals surface area (Å²) in [6, 6.07) is 5.68. The van der Waals surface area contributed by atoms with Crippen molar-refractivity contribution >= 4 is 23.0 Å². The summed E-state index contributed by atoms with van der Waals surface area (Å²) >= 11 is 0. The monoisotopic (exact) mass is 749 g/mol. The van der Waals surface area contributed by atoms with Crippen molar-refractivity contribution < 1.29 is 55.1 Å². The fraction of sp³-hybridized carbons (Fsp3) is 0.784. The molecular weight excluding hydrogens is 697 g/mol. The molecule has 1 N–H and O–H groups in total. The SMILES string of the molecule is CC(C)(C)OC(=O)N1CCC(OC(=O)Oc2ccc3c(c2)C[C@@H](CCCS(=O)CCCC(F)(F)C(F)(F)F)[C@@H]2[C@@H]3CC[C@]3(C)[C@@H](O)CC[C@@H]23)CC1. The highest BCUT2D eigenvalue weighted by atomic mass is 32.2. The number of ether oxygens (including phenoxy) is 3. The summed E-state index contributed by atoms with van der Waals surface area (Å²) in [5.41, 5.74) is 1.45. The standard InChI is InChI=1S/C37H52F5NO7S/c1-34(2,3)50-32(45)43-17-13-25(14-18-43)48-33(46)49-26-8-9-27-24(22-26)21-23(31-28(27)12-16-35(4)29(31)10-11-30(35)44)7-5-19-51(47)20-6-15-36(38,39)37(40,41)42/h8-9,22-23,25,28-31,44H,5-7,10-21H2,1-4H3/t23-,28-,29+,30+,31-,35+,51?/m1/s1. The lowest BCUT2D eigenvalue weighted by Gasteiger charge is -2.53. The zero-order chi connectivity index (χ0) is 37.4. The van der Waals surface area contributed by atoms with Crippen LogP contribution in [0, 0.1) is 23.2 Å². The van der Waals surface area contributed by atoms with Crippen LogP contribution in [0.15, 0.2) is 18.2 Å². The van der Waals surface area contributed by atoms with Crippen LogP contribution >= 0.6 is 0 Å². The number of fused-ring (bicyclic) bond motifs is 5. The molecule has 51 heavy (non-hydrogen) atoms. The van der Waals surface area contributed by atoms with Gasteiger partial charge in [0.15, 0.2) is 0 Å². The van der Waals surface area contributed by atoms with Gasteiger partial charge in [0.05, 0.1) is 6.10 Å². The lowest BCUT2D eigenvalue weighted by atomic mass is 9.52. The van der Waals surface area contributed by atoms with E-state index in [2.05, 4.69) is 6.92 Å². The zero-order valence-corrected chi connectivity index (χ0v) is 30.8. The second-order valence-electron chi connectivity index (χ2n) is 16.2. The van der Waals surface area contributed by atoms with Gasteiger partial charge in [0.2, 0.25) is 0 Å². The molecule has 1 saturated heterocycles. The average molecular weight is 750 g/mol. The number of rotatable bonds is 10. The van der Waals surface area contributed by atoms with Crippen LogP contribution in [0.5, 0.6) is 5.75 Å². The third-order valence-electron chi connectivity index (χ3n) is 11.6. The first-order valence-corrected chi connectivity index (χ1v) is 19.7. The van der Waals surface area contributed by atoms with Crippen molar-refractivity contribution in [1.29, 1.82) is 0 Å². The highest BCUT2D eigenvalue weighted by molar-refractivity contribution is 7.84. The fourth-order valence-electron chi connectivity index (χ4n) is 9.03. The summed E-state index contributed by atoms with van der Waals surface area (Å²) in [7, 11) is -1.52. The maximum Gasteiger partial charge on any atom is 0.514 e. The van der Waals surface area contributed by atoms with E-state index in [0.29, 0.717) is 56.9 Å². The number of hydrogen-bond donors (Lipinski definition) is 1. The summed E-state index contributed by atoms with van der Waals surface area (Å²) in [5, 5.41) is 11.0. The number of piperidine rings is 1. The molecule has 0 radical (unpaired) electrons. The van der Waals surface area contributed by atoms with Gasteiger partial charge in [-0.15, -0.1) is 0 Å². The van der Waals surface area contributed by atoms with Gasteiger partial charge in [0, 0.05) is 54.7 Å². The van der Waals surface area contributed by atoms with Crippen molar-refractivity contribution in [1.82, 2.24) is 4.90 Å². The van der Waals surface area contributed by atoms with Gasteiger partial charge in [-0.1, -0.05) is 13.0 Å². The lowest BCUT2D eigenvalue weighted by molar-refractivity contribution is -0.284. The van der Waals surface area contributed by atoms with Gasteiger partial charge in [0.25, 0.3) is 0 Å². The first-order chi connectivity index (χ1) is 23.8. The Morgan fingerprint density at radius 2 is 1.69 bits per heavy atom. The molecule has 8 nitrogen and oxygen atoms in total. The van der Waals surface area contributed by atoms with Crippen LogP contribution in [0.25, 0.3) is 0 Å². The first-order valence-electron chi connectivity index (χ1n) is 18.2.